The molecular formula is C12H16N2O5S. The van der Waals surface area contributed by atoms with Gasteiger partial charge in [0.15, 0.2) is 0 Å². The second-order valence-corrected chi connectivity index (χ2v) is 6.93. The monoisotopic (exact) mass is 300 g/mol. The summed E-state index contributed by atoms with van der Waals surface area (Å²) in [4.78, 5) is 15.1. The summed E-state index contributed by atoms with van der Waals surface area (Å²) in [6.07, 6.45) is 1.51. The van der Waals surface area contributed by atoms with E-state index in [0.717, 1.165) is 0 Å². The molecule has 0 saturated carbocycles. The second kappa shape index (κ2) is 5.02. The number of hydrogen-bond donors (Lipinski definition) is 1. The average Bonchev–Trinajstić information content (AvgIpc) is 2.84. The lowest BCUT2D eigenvalue weighted by molar-refractivity contribution is -0.146. The number of aliphatic carboxylic acids is 1. The second-order valence-electron chi connectivity index (χ2n) is 4.99. The van der Waals surface area contributed by atoms with Crippen LogP contribution in [0.2, 0.25) is 0 Å². The van der Waals surface area contributed by atoms with Crippen LogP contribution in [0, 0.1) is 5.41 Å². The van der Waals surface area contributed by atoms with Crippen LogP contribution in [0.25, 0.3) is 0 Å². The molecular weight excluding hydrogens is 284 g/mol. The molecule has 0 spiro atoms. The summed E-state index contributed by atoms with van der Waals surface area (Å²) >= 11 is 0. The van der Waals surface area contributed by atoms with Crippen LogP contribution in [0.4, 0.5) is 0 Å². The van der Waals surface area contributed by atoms with E-state index in [9.17, 15) is 13.2 Å². The van der Waals surface area contributed by atoms with Gasteiger partial charge in [-0.2, -0.15) is 4.31 Å². The van der Waals surface area contributed by atoms with Crippen molar-refractivity contribution in [2.75, 3.05) is 20.2 Å². The molecule has 1 aliphatic rings. The third-order valence-corrected chi connectivity index (χ3v) is 5.34. The smallest absolute Gasteiger partial charge is 0.310 e. The van der Waals surface area contributed by atoms with Gasteiger partial charge < -0.3 is 9.84 Å². The summed E-state index contributed by atoms with van der Waals surface area (Å²) < 4.78 is 30.9. The number of sulfonamides is 1. The molecule has 1 fully saturated rings. The van der Waals surface area contributed by atoms with Gasteiger partial charge in [-0.1, -0.05) is 0 Å². The van der Waals surface area contributed by atoms with Crippen molar-refractivity contribution in [1.29, 1.82) is 0 Å². The van der Waals surface area contributed by atoms with Crippen molar-refractivity contribution in [1.82, 2.24) is 9.29 Å². The Bertz CT molecular complexity index is 613. The predicted molar refractivity (Wildman–Crippen MR) is 69.9 cm³/mol. The van der Waals surface area contributed by atoms with Crippen LogP contribution in [0.1, 0.15) is 13.3 Å². The molecule has 20 heavy (non-hydrogen) atoms. The van der Waals surface area contributed by atoms with Crippen LogP contribution < -0.4 is 4.74 Å². The number of carboxylic acids is 1. The summed E-state index contributed by atoms with van der Waals surface area (Å²) in [5.41, 5.74) is -1.03. The van der Waals surface area contributed by atoms with Gasteiger partial charge in [0.25, 0.3) is 0 Å². The minimum atomic E-state index is -3.72. The van der Waals surface area contributed by atoms with Crippen molar-refractivity contribution in [2.45, 2.75) is 18.2 Å². The molecule has 110 valence electrons. The maximum Gasteiger partial charge on any atom is 0.310 e. The number of aromatic nitrogens is 1. The lowest BCUT2D eigenvalue weighted by atomic mass is 9.90. The first-order chi connectivity index (χ1) is 9.29. The number of carbonyl (C=O) groups is 1. The fraction of sp³-hybridized carbons (Fsp3) is 0.500. The Hall–Kier alpha value is -1.67. The van der Waals surface area contributed by atoms with Crippen LogP contribution in [0.5, 0.6) is 5.88 Å². The molecule has 1 saturated heterocycles. The number of pyridine rings is 1. The zero-order chi connectivity index (χ0) is 15.0. The van der Waals surface area contributed by atoms with Crippen LogP contribution in [0.3, 0.4) is 0 Å². The minimum absolute atomic E-state index is 0.0311. The van der Waals surface area contributed by atoms with Crippen molar-refractivity contribution < 1.29 is 23.1 Å². The number of hydrogen-bond acceptors (Lipinski definition) is 5. The maximum absolute atomic E-state index is 12.4. The van der Waals surface area contributed by atoms with E-state index in [0.29, 0.717) is 12.3 Å². The molecule has 0 bridgehead atoms. The number of rotatable bonds is 4. The van der Waals surface area contributed by atoms with E-state index in [1.807, 2.05) is 0 Å². The lowest BCUT2D eigenvalue weighted by Gasteiger charge is -2.19. The van der Waals surface area contributed by atoms with Crippen molar-refractivity contribution in [3.8, 4) is 5.88 Å². The number of ether oxygens (including phenoxy) is 1. The molecule has 8 heteroatoms. The van der Waals surface area contributed by atoms with Crippen molar-refractivity contribution in [3.63, 3.8) is 0 Å². The molecule has 2 heterocycles. The van der Waals surface area contributed by atoms with E-state index in [-0.39, 0.29) is 18.0 Å². The Morgan fingerprint density at radius 2 is 2.20 bits per heavy atom. The summed E-state index contributed by atoms with van der Waals surface area (Å²) in [5.74, 6) is -0.663. The number of nitrogens with zero attached hydrogens (tertiary/aromatic N) is 2. The highest BCUT2D eigenvalue weighted by molar-refractivity contribution is 7.89. The molecule has 0 amide bonds. The normalized spacial score (nSPS) is 23.7. The summed E-state index contributed by atoms with van der Waals surface area (Å²) in [6.45, 7) is 1.71. The van der Waals surface area contributed by atoms with Gasteiger partial charge in [0.2, 0.25) is 15.9 Å². The third kappa shape index (κ3) is 2.48. The summed E-state index contributed by atoms with van der Waals surface area (Å²) in [7, 11) is -2.28. The van der Waals surface area contributed by atoms with Gasteiger partial charge >= 0.3 is 5.97 Å². The Balaban J connectivity index is 2.25. The molecule has 2 rings (SSSR count). The minimum Gasteiger partial charge on any atom is -0.481 e. The fourth-order valence-electron chi connectivity index (χ4n) is 2.09. The van der Waals surface area contributed by atoms with Gasteiger partial charge in [-0.3, -0.25) is 4.79 Å². The van der Waals surface area contributed by atoms with E-state index in [1.165, 1.54) is 29.7 Å². The van der Waals surface area contributed by atoms with Crippen molar-refractivity contribution in [3.05, 3.63) is 18.3 Å². The van der Waals surface area contributed by atoms with Crippen molar-refractivity contribution >= 4 is 16.0 Å². The Morgan fingerprint density at radius 1 is 1.50 bits per heavy atom. The zero-order valence-corrected chi connectivity index (χ0v) is 12.1. The summed E-state index contributed by atoms with van der Waals surface area (Å²) in [6, 6.07) is 2.86. The third-order valence-electron chi connectivity index (χ3n) is 3.51. The standard InChI is InChI=1S/C12H16N2O5S/c1-12(11(15)16)5-6-14(8-12)20(17,18)9-3-4-10(19-2)13-7-9/h3-4,7H,5-6,8H2,1-2H3,(H,15,16). The van der Waals surface area contributed by atoms with Gasteiger partial charge in [0.05, 0.1) is 18.7 Å². The van der Waals surface area contributed by atoms with E-state index in [4.69, 9.17) is 9.84 Å². The van der Waals surface area contributed by atoms with Gasteiger partial charge in [-0.25, -0.2) is 13.4 Å². The first-order valence-electron chi connectivity index (χ1n) is 6.03. The molecule has 0 aromatic carbocycles. The van der Waals surface area contributed by atoms with Crippen LogP contribution >= 0.6 is 0 Å². The molecule has 0 aliphatic carbocycles. The molecule has 1 aliphatic heterocycles. The average molecular weight is 300 g/mol. The van der Waals surface area contributed by atoms with E-state index >= 15 is 0 Å². The molecule has 0 radical (unpaired) electrons. The molecule has 1 N–H and O–H groups in total. The van der Waals surface area contributed by atoms with Crippen LogP contribution in [-0.2, 0) is 14.8 Å². The molecule has 1 unspecified atom stereocenters. The lowest BCUT2D eigenvalue weighted by Crippen LogP contribution is -2.34. The van der Waals surface area contributed by atoms with Gasteiger partial charge in [-0.15, -0.1) is 0 Å². The number of methoxy groups -OCH3 is 1. The fourth-order valence-corrected chi connectivity index (χ4v) is 3.60. The molecule has 7 nitrogen and oxygen atoms in total. The maximum atomic E-state index is 12.4. The Morgan fingerprint density at radius 3 is 2.65 bits per heavy atom. The first-order valence-corrected chi connectivity index (χ1v) is 7.47. The van der Waals surface area contributed by atoms with Gasteiger partial charge in [0, 0.05) is 19.2 Å². The molecule has 1 atom stereocenters. The highest BCUT2D eigenvalue weighted by Gasteiger charge is 2.44. The highest BCUT2D eigenvalue weighted by atomic mass is 32.2. The Labute approximate surface area is 117 Å². The van der Waals surface area contributed by atoms with E-state index < -0.39 is 21.4 Å². The molecule has 1 aromatic rings. The quantitative estimate of drug-likeness (QED) is 0.873. The predicted octanol–water partition coefficient (Wildman–Crippen LogP) is 0.575. The van der Waals surface area contributed by atoms with Gasteiger partial charge in [0.1, 0.15) is 4.90 Å². The zero-order valence-electron chi connectivity index (χ0n) is 11.2. The SMILES string of the molecule is COc1ccc(S(=O)(=O)N2CCC(C)(C(=O)O)C2)cn1. The topological polar surface area (TPSA) is 96.8 Å². The highest BCUT2D eigenvalue weighted by Crippen LogP contribution is 2.33. The number of carboxylic acid groups (broad SMARTS) is 1. The van der Waals surface area contributed by atoms with Crippen LogP contribution in [0.15, 0.2) is 23.2 Å². The van der Waals surface area contributed by atoms with E-state index in [2.05, 4.69) is 4.98 Å². The first kappa shape index (κ1) is 14.7. The van der Waals surface area contributed by atoms with Crippen molar-refractivity contribution in [2.24, 2.45) is 5.41 Å². The van der Waals surface area contributed by atoms with Crippen LogP contribution in [-0.4, -0.2) is 49.0 Å². The molecule has 1 aromatic heterocycles. The van der Waals surface area contributed by atoms with Gasteiger partial charge in [-0.05, 0) is 19.4 Å². The largest absolute Gasteiger partial charge is 0.481 e. The summed E-state index contributed by atoms with van der Waals surface area (Å²) in [5, 5.41) is 9.14. The van der Waals surface area contributed by atoms with E-state index in [1.54, 1.807) is 6.92 Å². The Kier molecular flexibility index (Phi) is 3.70.